The van der Waals surface area contributed by atoms with Gasteiger partial charge in [0.25, 0.3) is 0 Å². The summed E-state index contributed by atoms with van der Waals surface area (Å²) in [6.45, 7) is 0. The van der Waals surface area contributed by atoms with E-state index in [1.807, 2.05) is 66.7 Å². The monoisotopic (exact) mass is 312 g/mol. The molecule has 116 valence electrons. The molecular weight excluding hydrogens is 296 g/mol. The molecule has 0 saturated heterocycles. The molecule has 0 atom stereocenters. The standard InChI is InChI=1S/C21H16N2O/c24-20(14-15-8-2-1-3-9-15)23-21-18-12-5-4-10-16(18)17-11-6-7-13-19(17)22-21/h1-13H,14H2,(H,22,23,24). The number of nitrogens with zero attached hydrogens (tertiary/aromatic N) is 1. The summed E-state index contributed by atoms with van der Waals surface area (Å²) >= 11 is 0. The fraction of sp³-hybridized carbons (Fsp3) is 0.0476. The van der Waals surface area contributed by atoms with Crippen LogP contribution in [0.1, 0.15) is 5.56 Å². The van der Waals surface area contributed by atoms with Gasteiger partial charge in [-0.3, -0.25) is 4.79 Å². The quantitative estimate of drug-likeness (QED) is 0.563. The Labute approximate surface area is 140 Å². The fourth-order valence-electron chi connectivity index (χ4n) is 2.96. The maximum Gasteiger partial charge on any atom is 0.229 e. The number of nitrogens with one attached hydrogen (secondary N) is 1. The number of pyridine rings is 1. The zero-order chi connectivity index (χ0) is 16.4. The number of aromatic nitrogens is 1. The maximum atomic E-state index is 12.4. The largest absolute Gasteiger partial charge is 0.310 e. The molecular formula is C21H16N2O. The summed E-state index contributed by atoms with van der Waals surface area (Å²) in [5.41, 5.74) is 1.87. The number of benzene rings is 3. The van der Waals surface area contributed by atoms with Gasteiger partial charge in [-0.2, -0.15) is 0 Å². The van der Waals surface area contributed by atoms with Gasteiger partial charge in [-0.25, -0.2) is 4.98 Å². The highest BCUT2D eigenvalue weighted by atomic mass is 16.1. The Hall–Kier alpha value is -3.20. The Morgan fingerprint density at radius 3 is 2.17 bits per heavy atom. The molecule has 1 aromatic heterocycles. The Kier molecular flexibility index (Phi) is 3.67. The third-order valence-electron chi connectivity index (χ3n) is 4.07. The van der Waals surface area contributed by atoms with Crippen molar-refractivity contribution in [2.24, 2.45) is 0 Å². The van der Waals surface area contributed by atoms with Crippen molar-refractivity contribution in [3.05, 3.63) is 84.4 Å². The van der Waals surface area contributed by atoms with Crippen LogP contribution in [-0.4, -0.2) is 10.9 Å². The summed E-state index contributed by atoms with van der Waals surface area (Å²) in [5, 5.41) is 6.12. The number of para-hydroxylation sites is 1. The third kappa shape index (κ3) is 2.72. The predicted octanol–water partition coefficient (Wildman–Crippen LogP) is 4.57. The van der Waals surface area contributed by atoms with Gasteiger partial charge in [-0.05, 0) is 17.0 Å². The van der Waals surface area contributed by atoms with Gasteiger partial charge in [0.05, 0.1) is 11.9 Å². The molecule has 0 aliphatic heterocycles. The number of carbonyl (C=O) groups excluding carboxylic acids is 1. The van der Waals surface area contributed by atoms with Gasteiger partial charge < -0.3 is 5.32 Å². The molecule has 0 aliphatic carbocycles. The molecule has 1 N–H and O–H groups in total. The second-order valence-electron chi connectivity index (χ2n) is 5.73. The van der Waals surface area contributed by atoms with Crippen LogP contribution in [0.2, 0.25) is 0 Å². The average Bonchev–Trinajstić information content (AvgIpc) is 2.63. The molecule has 3 aromatic carbocycles. The highest BCUT2D eigenvalue weighted by Crippen LogP contribution is 2.29. The second-order valence-corrected chi connectivity index (χ2v) is 5.73. The van der Waals surface area contributed by atoms with E-state index in [0.29, 0.717) is 12.2 Å². The minimum absolute atomic E-state index is 0.0610. The molecule has 0 aliphatic rings. The first-order chi connectivity index (χ1) is 11.8. The second kappa shape index (κ2) is 6.13. The number of amides is 1. The van der Waals surface area contributed by atoms with Crippen LogP contribution < -0.4 is 5.32 Å². The van der Waals surface area contributed by atoms with Crippen LogP contribution in [0.5, 0.6) is 0 Å². The van der Waals surface area contributed by atoms with Crippen molar-refractivity contribution in [2.75, 3.05) is 5.32 Å². The molecule has 4 aromatic rings. The van der Waals surface area contributed by atoms with Crippen molar-refractivity contribution in [2.45, 2.75) is 6.42 Å². The zero-order valence-corrected chi connectivity index (χ0v) is 13.1. The molecule has 0 radical (unpaired) electrons. The van der Waals surface area contributed by atoms with Crippen LogP contribution in [0, 0.1) is 0 Å². The number of hydrogen-bond donors (Lipinski definition) is 1. The van der Waals surface area contributed by atoms with E-state index in [4.69, 9.17) is 0 Å². The summed E-state index contributed by atoms with van der Waals surface area (Å²) in [4.78, 5) is 17.1. The molecule has 0 fully saturated rings. The molecule has 0 saturated carbocycles. The van der Waals surface area contributed by atoms with Crippen molar-refractivity contribution in [3.8, 4) is 0 Å². The minimum atomic E-state index is -0.0610. The first-order valence-corrected chi connectivity index (χ1v) is 7.92. The molecule has 4 rings (SSSR count). The molecule has 3 nitrogen and oxygen atoms in total. The molecule has 24 heavy (non-hydrogen) atoms. The lowest BCUT2D eigenvalue weighted by Gasteiger charge is -2.11. The van der Waals surface area contributed by atoms with Crippen molar-refractivity contribution >= 4 is 33.4 Å². The average molecular weight is 312 g/mol. The lowest BCUT2D eigenvalue weighted by Crippen LogP contribution is -2.15. The summed E-state index contributed by atoms with van der Waals surface area (Å²) < 4.78 is 0. The zero-order valence-electron chi connectivity index (χ0n) is 13.1. The van der Waals surface area contributed by atoms with Crippen molar-refractivity contribution < 1.29 is 4.79 Å². The number of fused-ring (bicyclic) bond motifs is 3. The Morgan fingerprint density at radius 2 is 1.38 bits per heavy atom. The van der Waals surface area contributed by atoms with E-state index >= 15 is 0 Å². The van der Waals surface area contributed by atoms with Crippen LogP contribution in [0.15, 0.2) is 78.9 Å². The number of carbonyl (C=O) groups is 1. The van der Waals surface area contributed by atoms with Crippen LogP contribution in [0.3, 0.4) is 0 Å². The molecule has 3 heteroatoms. The van der Waals surface area contributed by atoms with E-state index in [9.17, 15) is 4.79 Å². The SMILES string of the molecule is O=C(Cc1ccccc1)Nc1nc2ccccc2c2ccccc12. The third-order valence-corrected chi connectivity index (χ3v) is 4.07. The Bertz CT molecular complexity index is 1030. The van der Waals surface area contributed by atoms with Gasteiger partial charge in [-0.1, -0.05) is 72.8 Å². The molecule has 0 bridgehead atoms. The fourth-order valence-corrected chi connectivity index (χ4v) is 2.96. The van der Waals surface area contributed by atoms with Crippen molar-refractivity contribution in [3.63, 3.8) is 0 Å². The van der Waals surface area contributed by atoms with Gasteiger partial charge in [0.1, 0.15) is 5.82 Å². The van der Waals surface area contributed by atoms with Gasteiger partial charge in [0.15, 0.2) is 0 Å². The van der Waals surface area contributed by atoms with E-state index < -0.39 is 0 Å². The first kappa shape index (κ1) is 14.4. The van der Waals surface area contributed by atoms with Gasteiger partial charge in [-0.15, -0.1) is 0 Å². The van der Waals surface area contributed by atoms with E-state index in [2.05, 4.69) is 22.4 Å². The number of hydrogen-bond acceptors (Lipinski definition) is 2. The van der Waals surface area contributed by atoms with Crippen LogP contribution >= 0.6 is 0 Å². The van der Waals surface area contributed by atoms with Crippen molar-refractivity contribution in [1.29, 1.82) is 0 Å². The predicted molar refractivity (Wildman–Crippen MR) is 98.0 cm³/mol. The number of anilines is 1. The van der Waals surface area contributed by atoms with Crippen LogP contribution in [0.4, 0.5) is 5.82 Å². The van der Waals surface area contributed by atoms with E-state index in [1.54, 1.807) is 0 Å². The summed E-state index contributed by atoms with van der Waals surface area (Å²) in [5.74, 6) is 0.555. The van der Waals surface area contributed by atoms with E-state index in [-0.39, 0.29) is 5.91 Å². The van der Waals surface area contributed by atoms with E-state index in [0.717, 1.165) is 27.2 Å². The Morgan fingerprint density at radius 1 is 0.750 bits per heavy atom. The maximum absolute atomic E-state index is 12.4. The molecule has 1 amide bonds. The molecule has 1 heterocycles. The van der Waals surface area contributed by atoms with Crippen LogP contribution in [0.25, 0.3) is 21.7 Å². The topological polar surface area (TPSA) is 42.0 Å². The summed E-state index contributed by atoms with van der Waals surface area (Å²) in [7, 11) is 0. The lowest BCUT2D eigenvalue weighted by atomic mass is 10.1. The molecule has 0 unspecified atom stereocenters. The normalized spacial score (nSPS) is 10.8. The van der Waals surface area contributed by atoms with Gasteiger partial charge >= 0.3 is 0 Å². The van der Waals surface area contributed by atoms with Crippen LogP contribution in [-0.2, 0) is 11.2 Å². The van der Waals surface area contributed by atoms with E-state index in [1.165, 1.54) is 0 Å². The first-order valence-electron chi connectivity index (χ1n) is 7.92. The molecule has 0 spiro atoms. The smallest absolute Gasteiger partial charge is 0.229 e. The summed E-state index contributed by atoms with van der Waals surface area (Å²) in [6.07, 6.45) is 0.337. The minimum Gasteiger partial charge on any atom is -0.310 e. The number of rotatable bonds is 3. The highest BCUT2D eigenvalue weighted by Gasteiger charge is 2.11. The lowest BCUT2D eigenvalue weighted by molar-refractivity contribution is -0.115. The van der Waals surface area contributed by atoms with Gasteiger partial charge in [0, 0.05) is 10.8 Å². The van der Waals surface area contributed by atoms with Crippen molar-refractivity contribution in [1.82, 2.24) is 4.98 Å². The van der Waals surface area contributed by atoms with Gasteiger partial charge in [0.2, 0.25) is 5.91 Å². The highest BCUT2D eigenvalue weighted by molar-refractivity contribution is 6.12. The Balaban J connectivity index is 1.74. The summed E-state index contributed by atoms with van der Waals surface area (Å²) in [6, 6.07) is 25.7.